The molecule has 1 aromatic heterocycles. The van der Waals surface area contributed by atoms with Gasteiger partial charge in [0.15, 0.2) is 0 Å². The predicted molar refractivity (Wildman–Crippen MR) is 157 cm³/mol. The lowest BCUT2D eigenvalue weighted by molar-refractivity contribution is -0.139. The van der Waals surface area contributed by atoms with E-state index in [0.717, 1.165) is 53.9 Å². The van der Waals surface area contributed by atoms with Crippen molar-refractivity contribution < 1.29 is 24.6 Å². The van der Waals surface area contributed by atoms with Crippen molar-refractivity contribution in [1.82, 2.24) is 14.5 Å². The number of aryl methyl sites for hydroxylation is 1. The van der Waals surface area contributed by atoms with Crippen LogP contribution in [0.1, 0.15) is 75.7 Å². The van der Waals surface area contributed by atoms with E-state index < -0.39 is 11.9 Å². The molecule has 10 heteroatoms. The molecular formula is C31H41N5O5. The predicted octanol–water partition coefficient (Wildman–Crippen LogP) is 5.36. The van der Waals surface area contributed by atoms with Crippen LogP contribution < -0.4 is 10.6 Å². The molecule has 0 atom stereocenters. The van der Waals surface area contributed by atoms with Crippen molar-refractivity contribution in [3.05, 3.63) is 59.4 Å². The van der Waals surface area contributed by atoms with Gasteiger partial charge in [0.2, 0.25) is 0 Å². The minimum Gasteiger partial charge on any atom is -0.481 e. The lowest BCUT2D eigenvalue weighted by Crippen LogP contribution is -2.48. The molecule has 1 aliphatic carbocycles. The first-order chi connectivity index (χ1) is 19.7. The lowest BCUT2D eigenvalue weighted by Gasteiger charge is -2.37. The van der Waals surface area contributed by atoms with E-state index in [4.69, 9.17) is 20.9 Å². The van der Waals surface area contributed by atoms with Crippen molar-refractivity contribution in [1.29, 1.82) is 0 Å². The number of anilines is 1. The smallest absolute Gasteiger partial charge is 0.325 e. The van der Waals surface area contributed by atoms with Crippen LogP contribution in [0.5, 0.6) is 0 Å². The molecule has 1 aliphatic heterocycles. The summed E-state index contributed by atoms with van der Waals surface area (Å²) in [5.74, 6) is -0.210. The Morgan fingerprint density at radius 2 is 1.73 bits per heavy atom. The molecule has 0 spiro atoms. The molecule has 220 valence electrons. The molecule has 0 unspecified atom stereocenters. The zero-order valence-electron chi connectivity index (χ0n) is 24.0. The van der Waals surface area contributed by atoms with Crippen LogP contribution in [-0.4, -0.2) is 48.7 Å². The molecule has 1 saturated carbocycles. The number of aliphatic carboxylic acids is 2. The third kappa shape index (κ3) is 7.85. The normalized spacial score (nSPS) is 14.7. The summed E-state index contributed by atoms with van der Waals surface area (Å²) < 4.78 is 2.29. The van der Waals surface area contributed by atoms with Gasteiger partial charge in [-0.3, -0.25) is 14.5 Å². The van der Waals surface area contributed by atoms with E-state index in [1.807, 2.05) is 15.9 Å². The molecule has 0 bridgehead atoms. The first-order valence-electron chi connectivity index (χ1n) is 14.5. The maximum Gasteiger partial charge on any atom is 0.325 e. The number of rotatable bonds is 12. The molecular weight excluding hydrogens is 522 g/mol. The van der Waals surface area contributed by atoms with Gasteiger partial charge < -0.3 is 25.4 Å². The standard InChI is InChI=1S/C25H31N5O.C6H10O4/c1-17(2)11-12-28-23-10-7-18(14-26)13-21(23)27-24(28)16-30-22-6-4-3-5-19(22)15-29(25(30)31)20-8-9-20;7-5(8)3-1-2-4-6(9)10/h3-7,10,13,17,20H,8-9,11-12,14-16,26H2,1-2H3;1-4H2,(H,7,8)(H,9,10). The van der Waals surface area contributed by atoms with Crippen LogP contribution >= 0.6 is 0 Å². The Bertz CT molecular complexity index is 1360. The minimum absolute atomic E-state index is 0.0628. The summed E-state index contributed by atoms with van der Waals surface area (Å²) in [5.41, 5.74) is 11.2. The highest BCUT2D eigenvalue weighted by atomic mass is 16.4. The van der Waals surface area contributed by atoms with E-state index in [0.29, 0.717) is 44.4 Å². The zero-order valence-corrected chi connectivity index (χ0v) is 24.0. The van der Waals surface area contributed by atoms with Crippen LogP contribution in [0.4, 0.5) is 10.5 Å². The number of urea groups is 1. The number of hydrogen-bond donors (Lipinski definition) is 3. The van der Waals surface area contributed by atoms with Crippen molar-refractivity contribution in [2.75, 3.05) is 4.90 Å². The third-order valence-electron chi connectivity index (χ3n) is 7.48. The number of benzene rings is 2. The van der Waals surface area contributed by atoms with Crippen LogP contribution in [0.2, 0.25) is 0 Å². The first-order valence-corrected chi connectivity index (χ1v) is 14.5. The van der Waals surface area contributed by atoms with Crippen LogP contribution in [0.25, 0.3) is 11.0 Å². The molecule has 2 aliphatic rings. The number of carboxylic acids is 2. The molecule has 2 heterocycles. The minimum atomic E-state index is -0.870. The fourth-order valence-corrected chi connectivity index (χ4v) is 5.04. The zero-order chi connectivity index (χ0) is 29.5. The number of unbranched alkanes of at least 4 members (excludes halogenated alkanes) is 1. The van der Waals surface area contributed by atoms with Crippen LogP contribution in [0.15, 0.2) is 42.5 Å². The Kier molecular flexibility index (Phi) is 9.99. The van der Waals surface area contributed by atoms with Crippen LogP contribution in [0.3, 0.4) is 0 Å². The molecule has 1 fully saturated rings. The van der Waals surface area contributed by atoms with Crippen LogP contribution in [-0.2, 0) is 35.8 Å². The number of para-hydroxylation sites is 1. The molecule has 3 aromatic rings. The Hall–Kier alpha value is -3.92. The van der Waals surface area contributed by atoms with E-state index in [9.17, 15) is 14.4 Å². The summed E-state index contributed by atoms with van der Waals surface area (Å²) in [7, 11) is 0. The molecule has 4 N–H and O–H groups in total. The van der Waals surface area contributed by atoms with Gasteiger partial charge in [-0.25, -0.2) is 9.78 Å². The van der Waals surface area contributed by atoms with E-state index in [1.165, 1.54) is 5.56 Å². The van der Waals surface area contributed by atoms with Gasteiger partial charge in [-0.15, -0.1) is 0 Å². The second kappa shape index (κ2) is 13.6. The monoisotopic (exact) mass is 563 g/mol. The number of hydrogen-bond acceptors (Lipinski definition) is 5. The van der Waals surface area contributed by atoms with Gasteiger partial charge in [0.25, 0.3) is 0 Å². The number of carbonyl (C=O) groups excluding carboxylic acids is 1. The van der Waals surface area contributed by atoms with Crippen molar-refractivity contribution in [3.63, 3.8) is 0 Å². The van der Waals surface area contributed by atoms with E-state index in [-0.39, 0.29) is 18.9 Å². The number of nitrogens with zero attached hydrogens (tertiary/aromatic N) is 4. The average Bonchev–Trinajstić information content (AvgIpc) is 3.73. The summed E-state index contributed by atoms with van der Waals surface area (Å²) >= 11 is 0. The highest BCUT2D eigenvalue weighted by molar-refractivity contribution is 5.95. The van der Waals surface area contributed by atoms with Crippen molar-refractivity contribution in [2.24, 2.45) is 11.7 Å². The van der Waals surface area contributed by atoms with Gasteiger partial charge in [-0.2, -0.15) is 0 Å². The Labute approximate surface area is 240 Å². The maximum atomic E-state index is 13.5. The molecule has 10 nitrogen and oxygen atoms in total. The number of amides is 2. The summed E-state index contributed by atoms with van der Waals surface area (Å²) in [6, 6.07) is 15.0. The summed E-state index contributed by atoms with van der Waals surface area (Å²) in [4.78, 5) is 42.2. The van der Waals surface area contributed by atoms with E-state index in [1.54, 1.807) is 0 Å². The average molecular weight is 564 g/mol. The van der Waals surface area contributed by atoms with Gasteiger partial charge in [-0.1, -0.05) is 38.1 Å². The topological polar surface area (TPSA) is 142 Å². The largest absolute Gasteiger partial charge is 0.481 e. The number of fused-ring (bicyclic) bond motifs is 2. The highest BCUT2D eigenvalue weighted by Gasteiger charge is 2.39. The van der Waals surface area contributed by atoms with Crippen molar-refractivity contribution >= 4 is 34.7 Å². The van der Waals surface area contributed by atoms with Crippen molar-refractivity contribution in [3.8, 4) is 0 Å². The second-order valence-corrected chi connectivity index (χ2v) is 11.2. The molecule has 0 radical (unpaired) electrons. The fourth-order valence-electron chi connectivity index (χ4n) is 5.04. The Morgan fingerprint density at radius 1 is 1.05 bits per heavy atom. The third-order valence-corrected chi connectivity index (χ3v) is 7.48. The van der Waals surface area contributed by atoms with Gasteiger partial charge in [-0.05, 0) is 67.3 Å². The number of aromatic nitrogens is 2. The fraction of sp³-hybridized carbons (Fsp3) is 0.484. The number of carboxylic acid groups (broad SMARTS) is 2. The first kappa shape index (κ1) is 30.0. The summed E-state index contributed by atoms with van der Waals surface area (Å²) in [6.07, 6.45) is 4.30. The number of nitrogens with two attached hydrogens (primary N) is 1. The van der Waals surface area contributed by atoms with Crippen molar-refractivity contribution in [2.45, 2.75) is 91.0 Å². The highest BCUT2D eigenvalue weighted by Crippen LogP contribution is 2.37. The van der Waals surface area contributed by atoms with Gasteiger partial charge in [0.1, 0.15) is 5.82 Å². The second-order valence-electron chi connectivity index (χ2n) is 11.2. The van der Waals surface area contributed by atoms with Gasteiger partial charge in [0, 0.05) is 38.5 Å². The Morgan fingerprint density at radius 3 is 2.34 bits per heavy atom. The lowest BCUT2D eigenvalue weighted by atomic mass is 10.1. The molecule has 0 saturated heterocycles. The van der Waals surface area contributed by atoms with Crippen LogP contribution in [0, 0.1) is 5.92 Å². The quantitative estimate of drug-likeness (QED) is 0.252. The molecule has 2 amide bonds. The maximum absolute atomic E-state index is 13.5. The summed E-state index contributed by atoms with van der Waals surface area (Å²) in [6.45, 7) is 7.05. The van der Waals surface area contributed by atoms with Gasteiger partial charge >= 0.3 is 18.0 Å². The SMILES string of the molecule is CC(C)CCn1c(CN2C(=O)N(C3CC3)Cc3ccccc32)nc2cc(CN)ccc21.O=C(O)CCCCC(=O)O. The van der Waals surface area contributed by atoms with Gasteiger partial charge in [0.05, 0.1) is 23.3 Å². The number of carbonyl (C=O) groups is 3. The van der Waals surface area contributed by atoms with E-state index in [2.05, 4.69) is 54.8 Å². The van der Waals surface area contributed by atoms with E-state index >= 15 is 0 Å². The Balaban J connectivity index is 0.000000334. The molecule has 41 heavy (non-hydrogen) atoms. The molecule has 2 aromatic carbocycles. The summed E-state index contributed by atoms with van der Waals surface area (Å²) in [5, 5.41) is 16.3. The number of imidazole rings is 1. The molecule has 5 rings (SSSR count).